The van der Waals surface area contributed by atoms with Crippen LogP contribution in [0.5, 0.6) is 0 Å². The Kier molecular flexibility index (Phi) is 5.97. The number of hydrogen-bond donors (Lipinski definition) is 3. The first-order valence-corrected chi connectivity index (χ1v) is 9.89. The SMILES string of the molecule is O=C(C[NH+]1CC[NH+](Cc2cc(-c3ccccc3)on2)CC1)Nc1ccc(F)cc1. The van der Waals surface area contributed by atoms with Crippen LogP contribution in [-0.4, -0.2) is 43.8 Å². The Morgan fingerprint density at radius 2 is 1.69 bits per heavy atom. The van der Waals surface area contributed by atoms with Crippen molar-refractivity contribution in [2.45, 2.75) is 6.54 Å². The first kappa shape index (κ1) is 19.3. The Hall–Kier alpha value is -3.03. The van der Waals surface area contributed by atoms with Gasteiger partial charge in [0.05, 0.1) is 0 Å². The molecule has 1 aliphatic rings. The van der Waals surface area contributed by atoms with Gasteiger partial charge in [-0.15, -0.1) is 0 Å². The molecular weight excluding hydrogens is 371 g/mol. The van der Waals surface area contributed by atoms with Gasteiger partial charge in [-0.3, -0.25) is 4.79 Å². The number of carbonyl (C=O) groups excluding carboxylic acids is 1. The van der Waals surface area contributed by atoms with E-state index < -0.39 is 0 Å². The largest absolute Gasteiger partial charge is 0.356 e. The van der Waals surface area contributed by atoms with E-state index in [0.717, 1.165) is 49.7 Å². The molecule has 2 aromatic carbocycles. The van der Waals surface area contributed by atoms with Gasteiger partial charge in [0, 0.05) is 17.3 Å². The summed E-state index contributed by atoms with van der Waals surface area (Å²) in [6.07, 6.45) is 0. The maximum absolute atomic E-state index is 12.9. The number of hydrogen-bond acceptors (Lipinski definition) is 3. The van der Waals surface area contributed by atoms with Gasteiger partial charge in [-0.25, -0.2) is 4.39 Å². The minimum Gasteiger partial charge on any atom is -0.356 e. The van der Waals surface area contributed by atoms with E-state index >= 15 is 0 Å². The Labute approximate surface area is 168 Å². The van der Waals surface area contributed by atoms with Gasteiger partial charge < -0.3 is 19.6 Å². The van der Waals surface area contributed by atoms with E-state index in [4.69, 9.17) is 4.52 Å². The van der Waals surface area contributed by atoms with E-state index in [1.54, 1.807) is 12.1 Å². The van der Waals surface area contributed by atoms with E-state index in [0.29, 0.717) is 12.2 Å². The molecule has 4 rings (SSSR count). The first-order chi connectivity index (χ1) is 14.2. The van der Waals surface area contributed by atoms with Crippen LogP contribution < -0.4 is 15.1 Å². The van der Waals surface area contributed by atoms with E-state index in [1.807, 2.05) is 36.4 Å². The summed E-state index contributed by atoms with van der Waals surface area (Å²) in [5.41, 5.74) is 2.61. The van der Waals surface area contributed by atoms with Crippen molar-refractivity contribution >= 4 is 11.6 Å². The normalized spacial score (nSPS) is 19.1. The predicted octanol–water partition coefficient (Wildman–Crippen LogP) is 0.403. The third kappa shape index (κ3) is 5.28. The van der Waals surface area contributed by atoms with Gasteiger partial charge in [0.25, 0.3) is 5.91 Å². The van der Waals surface area contributed by atoms with Crippen molar-refractivity contribution in [1.29, 1.82) is 0 Å². The fraction of sp³-hybridized carbons (Fsp3) is 0.273. The molecule has 29 heavy (non-hydrogen) atoms. The third-order valence-corrected chi connectivity index (χ3v) is 5.25. The lowest BCUT2D eigenvalue weighted by Gasteiger charge is -2.28. The highest BCUT2D eigenvalue weighted by Crippen LogP contribution is 2.19. The number of aromatic nitrogens is 1. The minimum atomic E-state index is -0.310. The number of nitrogens with one attached hydrogen (secondary N) is 3. The fourth-order valence-corrected chi connectivity index (χ4v) is 3.67. The van der Waals surface area contributed by atoms with Crippen LogP contribution in [0.1, 0.15) is 5.69 Å². The van der Waals surface area contributed by atoms with Crippen molar-refractivity contribution in [3.8, 4) is 11.3 Å². The summed E-state index contributed by atoms with van der Waals surface area (Å²) in [6, 6.07) is 17.8. The van der Waals surface area contributed by atoms with Crippen molar-refractivity contribution < 1.29 is 23.5 Å². The van der Waals surface area contributed by atoms with Gasteiger partial charge in [0.2, 0.25) is 0 Å². The Bertz CT molecular complexity index is 935. The predicted molar refractivity (Wildman–Crippen MR) is 107 cm³/mol. The molecule has 1 amide bonds. The van der Waals surface area contributed by atoms with Crippen LogP contribution in [0.25, 0.3) is 11.3 Å². The average molecular weight is 396 g/mol. The molecule has 6 nitrogen and oxygen atoms in total. The fourth-order valence-electron chi connectivity index (χ4n) is 3.67. The number of amides is 1. The molecule has 1 fully saturated rings. The zero-order chi connectivity index (χ0) is 20.1. The summed E-state index contributed by atoms with van der Waals surface area (Å²) >= 11 is 0. The van der Waals surface area contributed by atoms with Crippen molar-refractivity contribution in [3.63, 3.8) is 0 Å². The standard InChI is InChI=1S/C22H23FN4O2/c23-18-6-8-19(9-7-18)24-22(28)16-27-12-10-26(11-13-27)15-20-14-21(29-25-20)17-4-2-1-3-5-17/h1-9,14H,10-13,15-16H2,(H,24,28)/p+2. The summed E-state index contributed by atoms with van der Waals surface area (Å²) in [5.74, 6) is 0.441. The Morgan fingerprint density at radius 3 is 2.41 bits per heavy atom. The molecule has 0 spiro atoms. The van der Waals surface area contributed by atoms with Crippen LogP contribution in [-0.2, 0) is 11.3 Å². The molecule has 3 N–H and O–H groups in total. The number of quaternary nitrogens is 2. The number of nitrogens with zero attached hydrogens (tertiary/aromatic N) is 1. The van der Waals surface area contributed by atoms with Gasteiger partial charge in [-0.2, -0.15) is 0 Å². The topological polar surface area (TPSA) is 64.0 Å². The molecule has 150 valence electrons. The highest BCUT2D eigenvalue weighted by molar-refractivity contribution is 5.91. The second-order valence-corrected chi connectivity index (χ2v) is 7.46. The Morgan fingerprint density at radius 1 is 1.00 bits per heavy atom. The molecule has 3 aromatic rings. The van der Waals surface area contributed by atoms with Crippen LogP contribution in [0.2, 0.25) is 0 Å². The lowest BCUT2D eigenvalue weighted by molar-refractivity contribution is -1.02. The summed E-state index contributed by atoms with van der Waals surface area (Å²) in [4.78, 5) is 14.9. The molecule has 1 aromatic heterocycles. The van der Waals surface area contributed by atoms with Crippen LogP contribution >= 0.6 is 0 Å². The van der Waals surface area contributed by atoms with Gasteiger partial charge in [0.15, 0.2) is 12.3 Å². The van der Waals surface area contributed by atoms with E-state index in [9.17, 15) is 9.18 Å². The molecule has 0 aliphatic carbocycles. The van der Waals surface area contributed by atoms with Crippen LogP contribution in [0.15, 0.2) is 65.2 Å². The molecule has 1 saturated heterocycles. The molecule has 0 unspecified atom stereocenters. The summed E-state index contributed by atoms with van der Waals surface area (Å²) in [6.45, 7) is 5.06. The molecular formula is C22H25FN4O2+2. The highest BCUT2D eigenvalue weighted by atomic mass is 19.1. The van der Waals surface area contributed by atoms with Crippen molar-refractivity contribution in [3.05, 3.63) is 72.2 Å². The third-order valence-electron chi connectivity index (χ3n) is 5.25. The number of halogens is 1. The summed E-state index contributed by atoms with van der Waals surface area (Å²) in [5, 5.41) is 7.04. The average Bonchev–Trinajstić information content (AvgIpc) is 3.20. The summed E-state index contributed by atoms with van der Waals surface area (Å²) in [7, 11) is 0. The summed E-state index contributed by atoms with van der Waals surface area (Å²) < 4.78 is 18.4. The Balaban J connectivity index is 1.23. The number of carbonyl (C=O) groups is 1. The van der Waals surface area contributed by atoms with Gasteiger partial charge >= 0.3 is 0 Å². The van der Waals surface area contributed by atoms with Crippen LogP contribution in [0.4, 0.5) is 10.1 Å². The van der Waals surface area contributed by atoms with Gasteiger partial charge in [-0.1, -0.05) is 35.5 Å². The monoisotopic (exact) mass is 396 g/mol. The second kappa shape index (κ2) is 8.98. The maximum Gasteiger partial charge on any atom is 0.279 e. The zero-order valence-electron chi connectivity index (χ0n) is 16.2. The van der Waals surface area contributed by atoms with Crippen LogP contribution in [0, 0.1) is 5.82 Å². The molecule has 0 radical (unpaired) electrons. The van der Waals surface area contributed by atoms with E-state index in [-0.39, 0.29) is 11.7 Å². The first-order valence-electron chi connectivity index (χ1n) is 9.89. The van der Waals surface area contributed by atoms with E-state index in [1.165, 1.54) is 21.9 Å². The quantitative estimate of drug-likeness (QED) is 0.565. The molecule has 2 heterocycles. The number of rotatable bonds is 6. The number of anilines is 1. The highest BCUT2D eigenvalue weighted by Gasteiger charge is 2.25. The van der Waals surface area contributed by atoms with Crippen molar-refractivity contribution in [2.75, 3.05) is 38.0 Å². The smallest absolute Gasteiger partial charge is 0.279 e. The molecule has 1 aliphatic heterocycles. The minimum absolute atomic E-state index is 0.0425. The lowest BCUT2D eigenvalue weighted by atomic mass is 10.1. The maximum atomic E-state index is 12.9. The number of benzene rings is 2. The molecule has 0 atom stereocenters. The van der Waals surface area contributed by atoms with Crippen molar-refractivity contribution in [1.82, 2.24) is 5.16 Å². The second-order valence-electron chi connectivity index (χ2n) is 7.46. The van der Waals surface area contributed by atoms with Gasteiger partial charge in [-0.05, 0) is 24.3 Å². The molecule has 0 bridgehead atoms. The van der Waals surface area contributed by atoms with E-state index in [2.05, 4.69) is 10.5 Å². The molecule has 7 heteroatoms. The number of piperazine rings is 1. The molecule has 0 saturated carbocycles. The van der Waals surface area contributed by atoms with Gasteiger partial charge in [0.1, 0.15) is 44.2 Å². The van der Waals surface area contributed by atoms with Crippen molar-refractivity contribution in [2.24, 2.45) is 0 Å². The zero-order valence-corrected chi connectivity index (χ0v) is 16.2. The van der Waals surface area contributed by atoms with Crippen LogP contribution in [0.3, 0.4) is 0 Å². The lowest BCUT2D eigenvalue weighted by Crippen LogP contribution is -3.28.